The Morgan fingerprint density at radius 1 is 1.22 bits per heavy atom. The standard InChI is InChI=1S/C20H25N5OS/c1-13(2)25-16-7-5-4-6-15(16)18-19(25)21-20(23-22-18)27-12-17(26)24-10-8-14(3)9-11-24/h4-7,13-14H,8-12H2,1-3H3. The highest BCUT2D eigenvalue weighted by Gasteiger charge is 2.21. The van der Waals surface area contributed by atoms with Crippen LogP contribution in [0, 0.1) is 5.92 Å². The number of para-hydroxylation sites is 1. The zero-order valence-electron chi connectivity index (χ0n) is 16.1. The summed E-state index contributed by atoms with van der Waals surface area (Å²) in [5.74, 6) is 1.25. The summed E-state index contributed by atoms with van der Waals surface area (Å²) in [6.45, 7) is 8.25. The van der Waals surface area contributed by atoms with E-state index in [2.05, 4.69) is 47.7 Å². The van der Waals surface area contributed by atoms with E-state index in [-0.39, 0.29) is 11.9 Å². The van der Waals surface area contributed by atoms with Gasteiger partial charge in [0.05, 0.1) is 11.3 Å². The SMILES string of the molecule is CC1CCN(C(=O)CSc2nnc3c4ccccc4n(C(C)C)c3n2)CC1. The molecule has 0 bridgehead atoms. The largest absolute Gasteiger partial charge is 0.342 e. The lowest BCUT2D eigenvalue weighted by atomic mass is 9.99. The van der Waals surface area contributed by atoms with Crippen LogP contribution in [-0.2, 0) is 4.79 Å². The first-order valence-electron chi connectivity index (χ1n) is 9.58. The topological polar surface area (TPSA) is 63.9 Å². The second kappa shape index (κ2) is 7.46. The van der Waals surface area contributed by atoms with Gasteiger partial charge < -0.3 is 9.47 Å². The van der Waals surface area contributed by atoms with Crippen molar-refractivity contribution in [1.82, 2.24) is 24.6 Å². The van der Waals surface area contributed by atoms with Gasteiger partial charge in [0.25, 0.3) is 0 Å². The molecule has 0 radical (unpaired) electrons. The fraction of sp³-hybridized carbons (Fsp3) is 0.500. The first-order chi connectivity index (χ1) is 13.0. The molecule has 1 amide bonds. The van der Waals surface area contributed by atoms with Crippen molar-refractivity contribution in [3.05, 3.63) is 24.3 Å². The molecule has 1 fully saturated rings. The number of benzene rings is 1. The Hall–Kier alpha value is -2.15. The predicted octanol–water partition coefficient (Wildman–Crippen LogP) is 3.91. The van der Waals surface area contributed by atoms with Crippen LogP contribution in [-0.4, -0.2) is 49.4 Å². The van der Waals surface area contributed by atoms with Crippen LogP contribution in [0.15, 0.2) is 29.4 Å². The van der Waals surface area contributed by atoms with Crippen molar-refractivity contribution in [3.63, 3.8) is 0 Å². The molecule has 1 aliphatic rings. The molecule has 0 aliphatic carbocycles. The maximum absolute atomic E-state index is 12.5. The molecular weight excluding hydrogens is 358 g/mol. The van der Waals surface area contributed by atoms with E-state index < -0.39 is 0 Å². The zero-order valence-corrected chi connectivity index (χ0v) is 16.9. The molecule has 27 heavy (non-hydrogen) atoms. The predicted molar refractivity (Wildman–Crippen MR) is 109 cm³/mol. The van der Waals surface area contributed by atoms with Gasteiger partial charge in [0.1, 0.15) is 5.52 Å². The molecule has 3 aromatic rings. The number of hydrogen-bond donors (Lipinski definition) is 0. The number of nitrogens with zero attached hydrogens (tertiary/aromatic N) is 5. The molecule has 1 aliphatic heterocycles. The maximum atomic E-state index is 12.5. The Kier molecular flexibility index (Phi) is 5.04. The summed E-state index contributed by atoms with van der Waals surface area (Å²) in [7, 11) is 0. The lowest BCUT2D eigenvalue weighted by Crippen LogP contribution is -2.38. The summed E-state index contributed by atoms with van der Waals surface area (Å²) in [4.78, 5) is 19.2. The first kappa shape index (κ1) is 18.2. The van der Waals surface area contributed by atoms with Crippen LogP contribution in [0.2, 0.25) is 0 Å². The average Bonchev–Trinajstić information content (AvgIpc) is 3.00. The fourth-order valence-corrected chi connectivity index (χ4v) is 4.39. The Bertz CT molecular complexity index is 975. The summed E-state index contributed by atoms with van der Waals surface area (Å²) in [6, 6.07) is 8.45. The summed E-state index contributed by atoms with van der Waals surface area (Å²) in [6.07, 6.45) is 2.18. The van der Waals surface area contributed by atoms with Crippen molar-refractivity contribution < 1.29 is 4.79 Å². The highest BCUT2D eigenvalue weighted by atomic mass is 32.2. The number of likely N-dealkylation sites (tertiary alicyclic amines) is 1. The first-order valence-corrected chi connectivity index (χ1v) is 10.6. The van der Waals surface area contributed by atoms with E-state index in [4.69, 9.17) is 4.98 Å². The van der Waals surface area contributed by atoms with Crippen LogP contribution >= 0.6 is 11.8 Å². The van der Waals surface area contributed by atoms with Crippen molar-refractivity contribution in [3.8, 4) is 0 Å². The van der Waals surface area contributed by atoms with Crippen LogP contribution in [0.5, 0.6) is 0 Å². The molecule has 0 N–H and O–H groups in total. The molecule has 1 aromatic carbocycles. The Morgan fingerprint density at radius 2 is 1.96 bits per heavy atom. The Labute approximate surface area is 163 Å². The van der Waals surface area contributed by atoms with Crippen LogP contribution in [0.1, 0.15) is 39.7 Å². The number of amides is 1. The summed E-state index contributed by atoms with van der Waals surface area (Å²) in [5.41, 5.74) is 2.77. The minimum Gasteiger partial charge on any atom is -0.342 e. The quantitative estimate of drug-likeness (QED) is 0.639. The van der Waals surface area contributed by atoms with Gasteiger partial charge in [-0.15, -0.1) is 10.2 Å². The molecular formula is C20H25N5OS. The molecule has 0 unspecified atom stereocenters. The minimum absolute atomic E-state index is 0.167. The van der Waals surface area contributed by atoms with E-state index in [0.29, 0.717) is 10.9 Å². The number of rotatable bonds is 4. The molecule has 0 atom stereocenters. The summed E-state index contributed by atoms with van der Waals surface area (Å²) >= 11 is 1.38. The van der Waals surface area contributed by atoms with Gasteiger partial charge >= 0.3 is 0 Å². The lowest BCUT2D eigenvalue weighted by molar-refractivity contribution is -0.129. The molecule has 4 rings (SSSR count). The highest BCUT2D eigenvalue weighted by molar-refractivity contribution is 7.99. The van der Waals surface area contributed by atoms with Gasteiger partial charge in [0.15, 0.2) is 5.65 Å². The number of carbonyl (C=O) groups excluding carboxylic acids is 1. The number of piperidine rings is 1. The van der Waals surface area contributed by atoms with E-state index in [9.17, 15) is 4.79 Å². The smallest absolute Gasteiger partial charge is 0.233 e. The van der Waals surface area contributed by atoms with Gasteiger partial charge in [-0.25, -0.2) is 4.98 Å². The number of fused-ring (bicyclic) bond motifs is 3. The average molecular weight is 384 g/mol. The maximum Gasteiger partial charge on any atom is 0.233 e. The van der Waals surface area contributed by atoms with Crippen LogP contribution in [0.3, 0.4) is 0 Å². The third kappa shape index (κ3) is 3.52. The Balaban J connectivity index is 1.57. The van der Waals surface area contributed by atoms with Crippen molar-refractivity contribution in [1.29, 1.82) is 0 Å². The molecule has 0 spiro atoms. The number of aromatic nitrogens is 4. The third-order valence-electron chi connectivity index (χ3n) is 5.27. The molecule has 1 saturated heterocycles. The van der Waals surface area contributed by atoms with Crippen LogP contribution < -0.4 is 0 Å². The van der Waals surface area contributed by atoms with Crippen molar-refractivity contribution in [2.75, 3.05) is 18.8 Å². The lowest BCUT2D eigenvalue weighted by Gasteiger charge is -2.30. The van der Waals surface area contributed by atoms with Crippen molar-refractivity contribution >= 4 is 39.7 Å². The summed E-state index contributed by atoms with van der Waals surface area (Å²) < 4.78 is 2.19. The second-order valence-corrected chi connectivity index (χ2v) is 8.54. The number of hydrogen-bond acceptors (Lipinski definition) is 5. The van der Waals surface area contributed by atoms with E-state index in [0.717, 1.165) is 53.9 Å². The van der Waals surface area contributed by atoms with Crippen molar-refractivity contribution in [2.45, 2.75) is 44.8 Å². The molecule has 0 saturated carbocycles. The summed E-state index contributed by atoms with van der Waals surface area (Å²) in [5, 5.41) is 10.3. The van der Waals surface area contributed by atoms with Gasteiger partial charge in [0.2, 0.25) is 11.1 Å². The number of carbonyl (C=O) groups is 1. The minimum atomic E-state index is 0.167. The Morgan fingerprint density at radius 3 is 2.70 bits per heavy atom. The van der Waals surface area contributed by atoms with Crippen LogP contribution in [0.25, 0.3) is 22.1 Å². The zero-order chi connectivity index (χ0) is 19.0. The van der Waals surface area contributed by atoms with Crippen molar-refractivity contribution in [2.24, 2.45) is 5.92 Å². The van der Waals surface area contributed by atoms with Gasteiger partial charge in [-0.2, -0.15) is 0 Å². The van der Waals surface area contributed by atoms with Crippen LogP contribution in [0.4, 0.5) is 0 Å². The van der Waals surface area contributed by atoms with E-state index in [1.54, 1.807) is 0 Å². The second-order valence-electron chi connectivity index (χ2n) is 7.60. The number of thioether (sulfide) groups is 1. The van der Waals surface area contributed by atoms with Gasteiger partial charge in [-0.3, -0.25) is 4.79 Å². The molecule has 7 heteroatoms. The van der Waals surface area contributed by atoms with E-state index in [1.165, 1.54) is 11.8 Å². The molecule has 3 heterocycles. The normalized spacial score (nSPS) is 15.9. The van der Waals surface area contributed by atoms with E-state index >= 15 is 0 Å². The molecule has 142 valence electrons. The third-order valence-corrected chi connectivity index (χ3v) is 6.10. The highest BCUT2D eigenvalue weighted by Crippen LogP contribution is 2.30. The fourth-order valence-electron chi connectivity index (χ4n) is 3.70. The monoisotopic (exact) mass is 383 g/mol. The van der Waals surface area contributed by atoms with Gasteiger partial charge in [-0.1, -0.05) is 36.9 Å². The molecule has 6 nitrogen and oxygen atoms in total. The van der Waals surface area contributed by atoms with Gasteiger partial charge in [-0.05, 0) is 38.7 Å². The molecule has 2 aromatic heterocycles. The van der Waals surface area contributed by atoms with E-state index in [1.807, 2.05) is 17.0 Å². The van der Waals surface area contributed by atoms with Gasteiger partial charge in [0, 0.05) is 24.5 Å².